The number of nitrogen functional groups attached to an aromatic ring is 1. The third-order valence-electron chi connectivity index (χ3n) is 3.19. The molecule has 0 atom stereocenters. The Kier molecular flexibility index (Phi) is 4.81. The van der Waals surface area contributed by atoms with E-state index in [4.69, 9.17) is 11.5 Å². The Hall–Kier alpha value is -2.06. The number of piperazine rings is 1. The van der Waals surface area contributed by atoms with Crippen molar-refractivity contribution in [1.29, 1.82) is 0 Å². The van der Waals surface area contributed by atoms with Gasteiger partial charge in [0.1, 0.15) is 9.88 Å². The van der Waals surface area contributed by atoms with E-state index in [1.807, 2.05) is 4.90 Å². The highest BCUT2D eigenvalue weighted by molar-refractivity contribution is 7.19. The molecule has 0 radical (unpaired) electrons. The molecule has 0 unspecified atom stereocenters. The van der Waals surface area contributed by atoms with Crippen molar-refractivity contribution in [1.82, 2.24) is 10.6 Å². The SMILES string of the molecule is C=CCNC(=O)c1sc(N2CCNCC2)c(C(N)=O)c1N. The highest BCUT2D eigenvalue weighted by Gasteiger charge is 2.27. The Bertz CT molecular complexity index is 563. The summed E-state index contributed by atoms with van der Waals surface area (Å²) in [6.45, 7) is 6.99. The van der Waals surface area contributed by atoms with Crippen LogP contribution in [0.1, 0.15) is 20.0 Å². The number of nitrogens with zero attached hydrogens (tertiary/aromatic N) is 1. The van der Waals surface area contributed by atoms with Crippen molar-refractivity contribution in [2.45, 2.75) is 0 Å². The minimum atomic E-state index is -0.611. The first-order valence-corrected chi connectivity index (χ1v) is 7.44. The molecule has 1 saturated heterocycles. The molecule has 114 valence electrons. The number of primary amides is 1. The van der Waals surface area contributed by atoms with Gasteiger partial charge in [-0.2, -0.15) is 0 Å². The van der Waals surface area contributed by atoms with E-state index in [1.54, 1.807) is 6.08 Å². The Morgan fingerprint density at radius 1 is 1.43 bits per heavy atom. The predicted octanol–water partition coefficient (Wildman–Crippen LogP) is -0.245. The fraction of sp³-hybridized carbons (Fsp3) is 0.385. The molecule has 6 N–H and O–H groups in total. The summed E-state index contributed by atoms with van der Waals surface area (Å²) in [5.41, 5.74) is 11.8. The number of amides is 2. The summed E-state index contributed by atoms with van der Waals surface area (Å²) in [5.74, 6) is -0.929. The van der Waals surface area contributed by atoms with Crippen LogP contribution in [-0.4, -0.2) is 44.5 Å². The van der Waals surface area contributed by atoms with E-state index in [2.05, 4.69) is 17.2 Å². The number of carbonyl (C=O) groups is 2. The molecule has 1 aromatic heterocycles. The molecule has 2 heterocycles. The largest absolute Gasteiger partial charge is 0.397 e. The molecule has 7 nitrogen and oxygen atoms in total. The highest BCUT2D eigenvalue weighted by Crippen LogP contribution is 2.38. The topological polar surface area (TPSA) is 113 Å². The fourth-order valence-corrected chi connectivity index (χ4v) is 3.37. The van der Waals surface area contributed by atoms with Crippen LogP contribution in [0.4, 0.5) is 10.7 Å². The summed E-state index contributed by atoms with van der Waals surface area (Å²) in [6.07, 6.45) is 1.58. The Morgan fingerprint density at radius 2 is 2.10 bits per heavy atom. The molecule has 8 heteroatoms. The zero-order chi connectivity index (χ0) is 15.4. The van der Waals surface area contributed by atoms with Gasteiger partial charge in [-0.3, -0.25) is 9.59 Å². The molecule has 1 aromatic rings. The molecule has 1 aliphatic heterocycles. The van der Waals surface area contributed by atoms with Crippen LogP contribution in [0.2, 0.25) is 0 Å². The molecule has 0 bridgehead atoms. The van der Waals surface area contributed by atoms with Gasteiger partial charge in [-0.15, -0.1) is 17.9 Å². The zero-order valence-electron chi connectivity index (χ0n) is 11.6. The minimum absolute atomic E-state index is 0.155. The number of hydrogen-bond donors (Lipinski definition) is 4. The van der Waals surface area contributed by atoms with Crippen LogP contribution in [-0.2, 0) is 0 Å². The third kappa shape index (κ3) is 3.17. The zero-order valence-corrected chi connectivity index (χ0v) is 12.5. The number of anilines is 2. The van der Waals surface area contributed by atoms with E-state index >= 15 is 0 Å². The first kappa shape index (κ1) is 15.3. The van der Waals surface area contributed by atoms with Crippen LogP contribution in [0.15, 0.2) is 12.7 Å². The second-order valence-electron chi connectivity index (χ2n) is 4.63. The molecular formula is C13H19N5O2S. The van der Waals surface area contributed by atoms with Crippen molar-refractivity contribution in [3.05, 3.63) is 23.1 Å². The standard InChI is InChI=1S/C13H19N5O2S/c1-2-3-17-12(20)10-9(14)8(11(15)19)13(21-10)18-6-4-16-5-7-18/h2,16H,1,3-7,14H2,(H2,15,19)(H,17,20). The lowest BCUT2D eigenvalue weighted by atomic mass is 10.2. The van der Waals surface area contributed by atoms with E-state index < -0.39 is 5.91 Å². The van der Waals surface area contributed by atoms with Gasteiger partial charge < -0.3 is 27.0 Å². The van der Waals surface area contributed by atoms with Gasteiger partial charge in [0.25, 0.3) is 11.8 Å². The first-order chi connectivity index (χ1) is 10.1. The van der Waals surface area contributed by atoms with Crippen molar-refractivity contribution in [3.8, 4) is 0 Å². The van der Waals surface area contributed by atoms with Crippen molar-refractivity contribution >= 4 is 33.8 Å². The van der Waals surface area contributed by atoms with Crippen molar-refractivity contribution in [2.24, 2.45) is 5.73 Å². The number of rotatable bonds is 5. The molecule has 0 aromatic carbocycles. The molecule has 1 aliphatic rings. The monoisotopic (exact) mass is 309 g/mol. The summed E-state index contributed by atoms with van der Waals surface area (Å²) in [5, 5.41) is 6.56. The number of thiophene rings is 1. The maximum Gasteiger partial charge on any atom is 0.263 e. The third-order valence-corrected chi connectivity index (χ3v) is 4.46. The van der Waals surface area contributed by atoms with E-state index in [0.717, 1.165) is 26.2 Å². The first-order valence-electron chi connectivity index (χ1n) is 6.63. The van der Waals surface area contributed by atoms with Gasteiger partial charge in [0.2, 0.25) is 0 Å². The average Bonchev–Trinajstić information content (AvgIpc) is 2.83. The van der Waals surface area contributed by atoms with Gasteiger partial charge in [0.15, 0.2) is 0 Å². The quantitative estimate of drug-likeness (QED) is 0.560. The molecule has 2 rings (SSSR count). The smallest absolute Gasteiger partial charge is 0.263 e. The lowest BCUT2D eigenvalue weighted by Gasteiger charge is -2.28. The van der Waals surface area contributed by atoms with E-state index in [0.29, 0.717) is 16.4 Å². The normalized spacial score (nSPS) is 14.8. The molecule has 0 spiro atoms. The maximum atomic E-state index is 12.1. The van der Waals surface area contributed by atoms with Crippen LogP contribution < -0.4 is 27.0 Å². The number of nitrogens with one attached hydrogen (secondary N) is 2. The Morgan fingerprint density at radius 3 is 2.67 bits per heavy atom. The van der Waals surface area contributed by atoms with E-state index in [9.17, 15) is 9.59 Å². The Labute approximate surface area is 127 Å². The second kappa shape index (κ2) is 6.59. The van der Waals surface area contributed by atoms with Crippen LogP contribution >= 0.6 is 11.3 Å². The summed E-state index contributed by atoms with van der Waals surface area (Å²) in [4.78, 5) is 26.1. The lowest BCUT2D eigenvalue weighted by Crippen LogP contribution is -2.43. The summed E-state index contributed by atoms with van der Waals surface area (Å²) >= 11 is 1.21. The van der Waals surface area contributed by atoms with E-state index in [-0.39, 0.29) is 17.2 Å². The van der Waals surface area contributed by atoms with E-state index in [1.165, 1.54) is 11.3 Å². The molecule has 21 heavy (non-hydrogen) atoms. The molecule has 0 aliphatic carbocycles. The fourth-order valence-electron chi connectivity index (χ4n) is 2.17. The van der Waals surface area contributed by atoms with Crippen molar-refractivity contribution in [3.63, 3.8) is 0 Å². The Balaban J connectivity index is 2.37. The second-order valence-corrected chi connectivity index (χ2v) is 5.62. The molecule has 0 saturated carbocycles. The van der Waals surface area contributed by atoms with Gasteiger partial charge >= 0.3 is 0 Å². The highest BCUT2D eigenvalue weighted by atomic mass is 32.1. The summed E-state index contributed by atoms with van der Waals surface area (Å²) in [6, 6.07) is 0. The average molecular weight is 309 g/mol. The minimum Gasteiger partial charge on any atom is -0.397 e. The molecular weight excluding hydrogens is 290 g/mol. The predicted molar refractivity (Wildman–Crippen MR) is 84.9 cm³/mol. The molecule has 2 amide bonds. The van der Waals surface area contributed by atoms with Crippen molar-refractivity contribution in [2.75, 3.05) is 43.4 Å². The van der Waals surface area contributed by atoms with Crippen LogP contribution in [0.25, 0.3) is 0 Å². The number of nitrogens with two attached hydrogens (primary N) is 2. The van der Waals surface area contributed by atoms with Gasteiger partial charge in [-0.1, -0.05) is 6.08 Å². The van der Waals surface area contributed by atoms with Gasteiger partial charge in [0.05, 0.1) is 11.3 Å². The van der Waals surface area contributed by atoms with Gasteiger partial charge in [-0.05, 0) is 0 Å². The summed E-state index contributed by atoms with van der Waals surface area (Å²) in [7, 11) is 0. The van der Waals surface area contributed by atoms with Crippen LogP contribution in [0.5, 0.6) is 0 Å². The summed E-state index contributed by atoms with van der Waals surface area (Å²) < 4.78 is 0. The number of carbonyl (C=O) groups excluding carboxylic acids is 2. The van der Waals surface area contributed by atoms with Crippen LogP contribution in [0.3, 0.4) is 0 Å². The number of hydrogen-bond acceptors (Lipinski definition) is 6. The van der Waals surface area contributed by atoms with Crippen LogP contribution in [0, 0.1) is 0 Å². The molecule has 1 fully saturated rings. The maximum absolute atomic E-state index is 12.1. The van der Waals surface area contributed by atoms with Gasteiger partial charge in [-0.25, -0.2) is 0 Å². The van der Waals surface area contributed by atoms with Gasteiger partial charge in [0, 0.05) is 32.7 Å². The lowest BCUT2D eigenvalue weighted by molar-refractivity contribution is 0.0962. The van der Waals surface area contributed by atoms with Crippen molar-refractivity contribution < 1.29 is 9.59 Å².